The molecule has 3 nitrogen and oxygen atoms in total. The number of hydrogen-bond acceptors (Lipinski definition) is 2. The van der Waals surface area contributed by atoms with Gasteiger partial charge < -0.3 is 11.1 Å². The second-order valence-electron chi connectivity index (χ2n) is 5.28. The molecule has 18 heavy (non-hydrogen) atoms. The molecule has 0 heterocycles. The monoisotopic (exact) mass is 246 g/mol. The molecule has 0 aromatic heterocycles. The number of nitrogens with one attached hydrogen (secondary N) is 1. The van der Waals surface area contributed by atoms with Gasteiger partial charge >= 0.3 is 0 Å². The van der Waals surface area contributed by atoms with Crippen LogP contribution in [0.5, 0.6) is 0 Å². The van der Waals surface area contributed by atoms with E-state index in [-0.39, 0.29) is 11.8 Å². The molecule has 0 saturated heterocycles. The lowest BCUT2D eigenvalue weighted by molar-refractivity contribution is -0.122. The van der Waals surface area contributed by atoms with Crippen LogP contribution in [0.15, 0.2) is 18.2 Å². The predicted octanol–water partition coefficient (Wildman–Crippen LogP) is 1.78. The highest BCUT2D eigenvalue weighted by Gasteiger charge is 2.11. The zero-order valence-corrected chi connectivity index (χ0v) is 11.0. The summed E-state index contributed by atoms with van der Waals surface area (Å²) in [7, 11) is 0. The number of amides is 1. The number of carbonyl (C=O) groups is 1. The lowest BCUT2D eigenvalue weighted by atomic mass is 10.1. The maximum Gasteiger partial charge on any atom is 0.220 e. The van der Waals surface area contributed by atoms with Crippen LogP contribution in [-0.2, 0) is 24.2 Å². The van der Waals surface area contributed by atoms with Crippen LogP contribution in [-0.4, -0.2) is 12.5 Å². The fourth-order valence-electron chi connectivity index (χ4n) is 2.41. The second-order valence-corrected chi connectivity index (χ2v) is 5.28. The Bertz CT molecular complexity index is 429. The molecule has 2 rings (SSSR count). The van der Waals surface area contributed by atoms with E-state index in [1.807, 2.05) is 6.92 Å². The van der Waals surface area contributed by atoms with Crippen molar-refractivity contribution in [3.63, 3.8) is 0 Å². The number of nitrogens with two attached hydrogens (primary N) is 1. The molecule has 0 aliphatic heterocycles. The quantitative estimate of drug-likeness (QED) is 0.832. The highest BCUT2D eigenvalue weighted by molar-refractivity contribution is 5.76. The van der Waals surface area contributed by atoms with Crippen molar-refractivity contribution in [2.75, 3.05) is 6.54 Å². The normalized spacial score (nSPS) is 15.2. The van der Waals surface area contributed by atoms with Crippen molar-refractivity contribution in [3.8, 4) is 0 Å². The van der Waals surface area contributed by atoms with Gasteiger partial charge in [0.15, 0.2) is 0 Å². The standard InChI is InChI=1S/C15H22N2O/c1-11(9-16)7-15(18)17-10-12-5-6-13-3-2-4-14(13)8-12/h5-6,8,11H,2-4,7,9-10,16H2,1H3,(H,17,18). The molecule has 3 heteroatoms. The van der Waals surface area contributed by atoms with Crippen LogP contribution < -0.4 is 11.1 Å². The van der Waals surface area contributed by atoms with Gasteiger partial charge in [0.1, 0.15) is 0 Å². The van der Waals surface area contributed by atoms with Crippen LogP contribution in [0.25, 0.3) is 0 Å². The van der Waals surface area contributed by atoms with Gasteiger partial charge in [0, 0.05) is 13.0 Å². The van der Waals surface area contributed by atoms with Gasteiger partial charge in [-0.25, -0.2) is 0 Å². The molecule has 1 aliphatic carbocycles. The third-order valence-corrected chi connectivity index (χ3v) is 3.59. The van der Waals surface area contributed by atoms with Crippen LogP contribution in [0.1, 0.15) is 36.5 Å². The molecule has 1 aromatic carbocycles. The van der Waals surface area contributed by atoms with Gasteiger partial charge in [-0.3, -0.25) is 4.79 Å². The summed E-state index contributed by atoms with van der Waals surface area (Å²) < 4.78 is 0. The molecule has 3 N–H and O–H groups in total. The van der Waals surface area contributed by atoms with E-state index in [1.54, 1.807) is 0 Å². The molecule has 0 fully saturated rings. The van der Waals surface area contributed by atoms with Crippen LogP contribution >= 0.6 is 0 Å². The van der Waals surface area contributed by atoms with Crippen molar-refractivity contribution >= 4 is 5.91 Å². The van der Waals surface area contributed by atoms with Crippen LogP contribution in [0.3, 0.4) is 0 Å². The van der Waals surface area contributed by atoms with E-state index >= 15 is 0 Å². The predicted molar refractivity (Wildman–Crippen MR) is 73.1 cm³/mol. The minimum absolute atomic E-state index is 0.0912. The van der Waals surface area contributed by atoms with Crippen molar-refractivity contribution in [1.82, 2.24) is 5.32 Å². The molecule has 0 saturated carbocycles. The third-order valence-electron chi connectivity index (χ3n) is 3.59. The van der Waals surface area contributed by atoms with E-state index in [1.165, 1.54) is 36.0 Å². The topological polar surface area (TPSA) is 55.1 Å². The number of benzene rings is 1. The fraction of sp³-hybridized carbons (Fsp3) is 0.533. The summed E-state index contributed by atoms with van der Waals surface area (Å²) in [6.45, 7) is 3.19. The summed E-state index contributed by atoms with van der Waals surface area (Å²) in [5.41, 5.74) is 9.64. The van der Waals surface area contributed by atoms with E-state index in [0.29, 0.717) is 19.5 Å². The molecule has 1 aliphatic rings. The molecule has 0 spiro atoms. The van der Waals surface area contributed by atoms with Gasteiger partial charge in [-0.1, -0.05) is 25.1 Å². The Morgan fingerprint density at radius 3 is 2.94 bits per heavy atom. The fourth-order valence-corrected chi connectivity index (χ4v) is 2.41. The number of aryl methyl sites for hydroxylation is 2. The highest BCUT2D eigenvalue weighted by Crippen LogP contribution is 2.22. The first-order valence-electron chi connectivity index (χ1n) is 6.76. The van der Waals surface area contributed by atoms with Crippen molar-refractivity contribution in [1.29, 1.82) is 0 Å². The van der Waals surface area contributed by atoms with E-state index in [4.69, 9.17) is 5.73 Å². The zero-order chi connectivity index (χ0) is 13.0. The summed E-state index contributed by atoms with van der Waals surface area (Å²) in [4.78, 5) is 11.7. The number of carbonyl (C=O) groups excluding carboxylic acids is 1. The first-order valence-corrected chi connectivity index (χ1v) is 6.76. The van der Waals surface area contributed by atoms with Crippen molar-refractivity contribution in [2.24, 2.45) is 11.7 Å². The number of rotatable bonds is 5. The van der Waals surface area contributed by atoms with Crippen LogP contribution in [0, 0.1) is 5.92 Å². The summed E-state index contributed by atoms with van der Waals surface area (Å²) in [6, 6.07) is 6.55. The second kappa shape index (κ2) is 6.01. The largest absolute Gasteiger partial charge is 0.352 e. The summed E-state index contributed by atoms with van der Waals surface area (Å²) in [5.74, 6) is 0.346. The van der Waals surface area contributed by atoms with E-state index in [0.717, 1.165) is 0 Å². The molecule has 98 valence electrons. The summed E-state index contributed by atoms with van der Waals surface area (Å²) >= 11 is 0. The van der Waals surface area contributed by atoms with Gasteiger partial charge in [-0.15, -0.1) is 0 Å². The number of hydrogen-bond donors (Lipinski definition) is 2. The first kappa shape index (κ1) is 13.1. The van der Waals surface area contributed by atoms with Gasteiger partial charge in [0.05, 0.1) is 0 Å². The van der Waals surface area contributed by atoms with E-state index in [9.17, 15) is 4.79 Å². The Morgan fingerprint density at radius 1 is 1.39 bits per heavy atom. The molecule has 1 atom stereocenters. The Kier molecular flexibility index (Phi) is 4.37. The Labute approximate surface area is 109 Å². The van der Waals surface area contributed by atoms with Crippen molar-refractivity contribution < 1.29 is 4.79 Å². The molecule has 1 aromatic rings. The maximum atomic E-state index is 11.7. The van der Waals surface area contributed by atoms with Gasteiger partial charge in [0.2, 0.25) is 5.91 Å². The van der Waals surface area contributed by atoms with Crippen LogP contribution in [0.2, 0.25) is 0 Å². The average Bonchev–Trinajstić information content (AvgIpc) is 2.83. The summed E-state index contributed by atoms with van der Waals surface area (Å²) in [5, 5.41) is 2.96. The van der Waals surface area contributed by atoms with Gasteiger partial charge in [0.25, 0.3) is 0 Å². The molecule has 0 radical (unpaired) electrons. The van der Waals surface area contributed by atoms with E-state index in [2.05, 4.69) is 23.5 Å². The summed E-state index contributed by atoms with van der Waals surface area (Å²) in [6.07, 6.45) is 4.16. The minimum atomic E-state index is 0.0912. The van der Waals surface area contributed by atoms with Gasteiger partial charge in [-0.05, 0) is 48.4 Å². The lowest BCUT2D eigenvalue weighted by Gasteiger charge is -2.10. The Balaban J connectivity index is 1.85. The number of fused-ring (bicyclic) bond motifs is 1. The van der Waals surface area contributed by atoms with Crippen LogP contribution in [0.4, 0.5) is 0 Å². The Hall–Kier alpha value is -1.35. The smallest absolute Gasteiger partial charge is 0.220 e. The molecule has 1 amide bonds. The molecular weight excluding hydrogens is 224 g/mol. The maximum absolute atomic E-state index is 11.7. The SMILES string of the molecule is CC(CN)CC(=O)NCc1ccc2c(c1)CCC2. The third kappa shape index (κ3) is 3.33. The molecular formula is C15H22N2O. The lowest BCUT2D eigenvalue weighted by Crippen LogP contribution is -2.26. The first-order chi connectivity index (χ1) is 8.69. The average molecular weight is 246 g/mol. The highest BCUT2D eigenvalue weighted by atomic mass is 16.1. The minimum Gasteiger partial charge on any atom is -0.352 e. The molecule has 1 unspecified atom stereocenters. The van der Waals surface area contributed by atoms with Crippen molar-refractivity contribution in [3.05, 3.63) is 34.9 Å². The Morgan fingerprint density at radius 2 is 2.17 bits per heavy atom. The van der Waals surface area contributed by atoms with Crippen molar-refractivity contribution in [2.45, 2.75) is 39.2 Å². The van der Waals surface area contributed by atoms with E-state index < -0.39 is 0 Å². The van der Waals surface area contributed by atoms with Gasteiger partial charge in [-0.2, -0.15) is 0 Å². The molecule has 0 bridgehead atoms. The zero-order valence-electron chi connectivity index (χ0n) is 11.0.